The van der Waals surface area contributed by atoms with E-state index < -0.39 is 0 Å². The molecule has 0 radical (unpaired) electrons. The summed E-state index contributed by atoms with van der Waals surface area (Å²) in [5.74, 6) is -0.343. The van der Waals surface area contributed by atoms with Crippen molar-refractivity contribution in [3.63, 3.8) is 0 Å². The number of ether oxygens (including phenoxy) is 1. The highest BCUT2D eigenvalue weighted by atomic mass is 16.5. The smallest absolute Gasteiger partial charge is 0.330 e. The van der Waals surface area contributed by atoms with Gasteiger partial charge in [0.25, 0.3) is 0 Å². The molecule has 0 aromatic carbocycles. The zero-order chi connectivity index (χ0) is 8.97. The summed E-state index contributed by atoms with van der Waals surface area (Å²) in [6.45, 7) is 0. The lowest BCUT2D eigenvalue weighted by Crippen LogP contribution is -2.03. The molecular formula is C9H11NO2. The Morgan fingerprint density at radius 2 is 2.50 bits per heavy atom. The number of hydrogen-bond acceptors (Lipinski definition) is 3. The Morgan fingerprint density at radius 1 is 1.75 bits per heavy atom. The molecule has 1 aliphatic rings. The van der Waals surface area contributed by atoms with Gasteiger partial charge in [0, 0.05) is 18.2 Å². The first kappa shape index (κ1) is 8.59. The van der Waals surface area contributed by atoms with Crippen molar-refractivity contribution in [2.75, 3.05) is 7.11 Å². The molecule has 12 heavy (non-hydrogen) atoms. The van der Waals surface area contributed by atoms with E-state index in [-0.39, 0.29) is 5.97 Å². The fraction of sp³-hybridized carbons (Fsp3) is 0.222. The molecule has 2 N–H and O–H groups in total. The van der Waals surface area contributed by atoms with Crippen LogP contribution in [0, 0.1) is 0 Å². The highest BCUT2D eigenvalue weighted by Gasteiger charge is 2.02. The molecule has 0 saturated carbocycles. The van der Waals surface area contributed by atoms with Crippen molar-refractivity contribution in [2.45, 2.75) is 6.42 Å². The third-order valence-electron chi connectivity index (χ3n) is 1.53. The van der Waals surface area contributed by atoms with Gasteiger partial charge in [0.05, 0.1) is 7.11 Å². The monoisotopic (exact) mass is 165 g/mol. The summed E-state index contributed by atoms with van der Waals surface area (Å²) in [7, 11) is 1.35. The molecule has 1 rings (SSSR count). The van der Waals surface area contributed by atoms with Gasteiger partial charge in [-0.1, -0.05) is 12.2 Å². The molecule has 0 amide bonds. The number of methoxy groups -OCH3 is 1. The molecule has 0 bridgehead atoms. The summed E-state index contributed by atoms with van der Waals surface area (Å²) in [5, 5.41) is 0. The molecular weight excluding hydrogens is 154 g/mol. The number of carbonyl (C=O) groups is 1. The van der Waals surface area contributed by atoms with E-state index in [1.54, 1.807) is 0 Å². The van der Waals surface area contributed by atoms with Gasteiger partial charge >= 0.3 is 5.97 Å². The Labute approximate surface area is 71.2 Å². The third-order valence-corrected chi connectivity index (χ3v) is 1.53. The largest absolute Gasteiger partial charge is 0.466 e. The molecule has 0 unspecified atom stereocenters. The highest BCUT2D eigenvalue weighted by molar-refractivity contribution is 5.83. The van der Waals surface area contributed by atoms with Crippen LogP contribution >= 0.6 is 0 Å². The van der Waals surface area contributed by atoms with Crippen molar-refractivity contribution < 1.29 is 9.53 Å². The van der Waals surface area contributed by atoms with Crippen LogP contribution in [0.2, 0.25) is 0 Å². The predicted octanol–water partition coefficient (Wildman–Crippen LogP) is 0.888. The quantitative estimate of drug-likeness (QED) is 0.463. The fourth-order valence-electron chi connectivity index (χ4n) is 0.958. The zero-order valence-corrected chi connectivity index (χ0v) is 6.91. The van der Waals surface area contributed by atoms with E-state index in [4.69, 9.17) is 5.73 Å². The Balaban J connectivity index is 2.67. The topological polar surface area (TPSA) is 52.3 Å². The molecule has 0 spiro atoms. The van der Waals surface area contributed by atoms with Gasteiger partial charge in [-0.25, -0.2) is 4.79 Å². The molecule has 0 aliphatic heterocycles. The molecule has 3 heteroatoms. The van der Waals surface area contributed by atoms with Crippen molar-refractivity contribution in [2.24, 2.45) is 5.73 Å². The van der Waals surface area contributed by atoms with Crippen LogP contribution in [0.1, 0.15) is 6.42 Å². The van der Waals surface area contributed by atoms with Gasteiger partial charge in [0.1, 0.15) is 0 Å². The number of esters is 1. The number of carbonyl (C=O) groups excluding carboxylic acids is 1. The minimum Gasteiger partial charge on any atom is -0.466 e. The van der Waals surface area contributed by atoms with Gasteiger partial charge in [-0.05, 0) is 11.6 Å². The molecule has 1 aliphatic carbocycles. The molecule has 0 atom stereocenters. The summed E-state index contributed by atoms with van der Waals surface area (Å²) in [4.78, 5) is 10.8. The van der Waals surface area contributed by atoms with E-state index in [1.165, 1.54) is 13.2 Å². The standard InChI is InChI=1S/C9H11NO2/c1-12-9(11)6-7-3-2-4-8(10)5-7/h2-4,6H,5,10H2,1H3/b7-6-. The van der Waals surface area contributed by atoms with Crippen LogP contribution in [0.4, 0.5) is 0 Å². The second kappa shape index (κ2) is 3.76. The Kier molecular flexibility index (Phi) is 2.69. The Bertz CT molecular complexity index is 274. The van der Waals surface area contributed by atoms with Crippen molar-refractivity contribution >= 4 is 5.97 Å². The van der Waals surface area contributed by atoms with Crippen LogP contribution in [-0.2, 0) is 9.53 Å². The molecule has 0 heterocycles. The summed E-state index contributed by atoms with van der Waals surface area (Å²) in [5.41, 5.74) is 7.19. The fourth-order valence-corrected chi connectivity index (χ4v) is 0.958. The maximum atomic E-state index is 10.8. The molecule has 3 nitrogen and oxygen atoms in total. The van der Waals surface area contributed by atoms with E-state index in [9.17, 15) is 4.79 Å². The maximum absolute atomic E-state index is 10.8. The predicted molar refractivity (Wildman–Crippen MR) is 46.1 cm³/mol. The van der Waals surface area contributed by atoms with Crippen LogP contribution in [0.3, 0.4) is 0 Å². The molecule has 0 aromatic heterocycles. The third kappa shape index (κ3) is 2.27. The highest BCUT2D eigenvalue weighted by Crippen LogP contribution is 2.13. The summed E-state index contributed by atoms with van der Waals surface area (Å²) >= 11 is 0. The molecule has 64 valence electrons. The van der Waals surface area contributed by atoms with E-state index in [2.05, 4.69) is 4.74 Å². The minimum atomic E-state index is -0.343. The number of allylic oxidation sites excluding steroid dienone is 4. The van der Waals surface area contributed by atoms with Crippen molar-refractivity contribution in [1.29, 1.82) is 0 Å². The second-order valence-corrected chi connectivity index (χ2v) is 2.52. The van der Waals surface area contributed by atoms with E-state index >= 15 is 0 Å². The molecule has 0 aromatic rings. The first-order valence-electron chi connectivity index (χ1n) is 3.63. The Morgan fingerprint density at radius 3 is 3.08 bits per heavy atom. The van der Waals surface area contributed by atoms with Crippen LogP contribution in [0.25, 0.3) is 0 Å². The van der Waals surface area contributed by atoms with Crippen molar-refractivity contribution in [1.82, 2.24) is 0 Å². The van der Waals surface area contributed by atoms with Gasteiger partial charge in [0.15, 0.2) is 0 Å². The normalized spacial score (nSPS) is 19.1. The summed E-state index contributed by atoms with van der Waals surface area (Å²) < 4.78 is 4.48. The molecule has 0 fully saturated rings. The van der Waals surface area contributed by atoms with Crippen LogP contribution in [-0.4, -0.2) is 13.1 Å². The number of nitrogens with two attached hydrogens (primary N) is 1. The van der Waals surface area contributed by atoms with E-state index in [0.29, 0.717) is 6.42 Å². The lowest BCUT2D eigenvalue weighted by Gasteiger charge is -2.05. The van der Waals surface area contributed by atoms with Gasteiger partial charge in [-0.15, -0.1) is 0 Å². The van der Waals surface area contributed by atoms with Crippen molar-refractivity contribution in [3.8, 4) is 0 Å². The SMILES string of the molecule is COC(=O)/C=C1/C=CC=C(N)C1. The first-order valence-corrected chi connectivity index (χ1v) is 3.63. The van der Waals surface area contributed by atoms with Gasteiger partial charge in [0.2, 0.25) is 0 Å². The van der Waals surface area contributed by atoms with Gasteiger partial charge in [-0.2, -0.15) is 0 Å². The lowest BCUT2D eigenvalue weighted by molar-refractivity contribution is -0.134. The lowest BCUT2D eigenvalue weighted by atomic mass is 10.1. The Hall–Kier alpha value is -1.51. The molecule has 0 saturated heterocycles. The zero-order valence-electron chi connectivity index (χ0n) is 6.91. The second-order valence-electron chi connectivity index (χ2n) is 2.52. The summed E-state index contributed by atoms with van der Waals surface area (Å²) in [6.07, 6.45) is 7.53. The van der Waals surface area contributed by atoms with Crippen molar-refractivity contribution in [3.05, 3.63) is 35.6 Å². The van der Waals surface area contributed by atoms with Gasteiger partial charge in [-0.3, -0.25) is 0 Å². The minimum absolute atomic E-state index is 0.343. The van der Waals surface area contributed by atoms with Crippen LogP contribution in [0.15, 0.2) is 35.6 Å². The summed E-state index contributed by atoms with van der Waals surface area (Å²) in [6, 6.07) is 0. The number of hydrogen-bond donors (Lipinski definition) is 1. The van der Waals surface area contributed by atoms with E-state index in [1.807, 2.05) is 18.2 Å². The van der Waals surface area contributed by atoms with Crippen LogP contribution < -0.4 is 5.73 Å². The van der Waals surface area contributed by atoms with E-state index in [0.717, 1.165) is 11.3 Å². The number of rotatable bonds is 1. The average Bonchev–Trinajstić information content (AvgIpc) is 2.04. The van der Waals surface area contributed by atoms with Crippen LogP contribution in [0.5, 0.6) is 0 Å². The first-order chi connectivity index (χ1) is 5.72. The van der Waals surface area contributed by atoms with Gasteiger partial charge < -0.3 is 10.5 Å². The average molecular weight is 165 g/mol. The maximum Gasteiger partial charge on any atom is 0.330 e.